The van der Waals surface area contributed by atoms with Crippen molar-refractivity contribution in [3.05, 3.63) is 101 Å². The Labute approximate surface area is 193 Å². The molecule has 5 nitrogen and oxygen atoms in total. The number of benzene rings is 3. The van der Waals surface area contributed by atoms with Gasteiger partial charge in [0.2, 0.25) is 5.91 Å². The highest BCUT2D eigenvalue weighted by Gasteiger charge is 2.30. The van der Waals surface area contributed by atoms with Crippen LogP contribution in [0.2, 0.25) is 0 Å². The maximum atomic E-state index is 13.4. The molecule has 1 fully saturated rings. The standard InChI is InChI=1S/C27H28FN3O2/c1-20-7-5-10-22(19-20)27(33)31-16-6-15-30(17-18-31)25(21-8-3-2-4-9-21)26(32)29-24-13-11-23(28)12-14-24/h2-5,7-14,19,25H,6,15-18H2,1H3,(H,29,32). The largest absolute Gasteiger partial charge is 0.337 e. The number of rotatable bonds is 5. The van der Waals surface area contributed by atoms with Gasteiger partial charge in [0, 0.05) is 37.4 Å². The third-order valence-corrected chi connectivity index (χ3v) is 5.92. The normalized spacial score (nSPS) is 15.5. The molecule has 6 heteroatoms. The van der Waals surface area contributed by atoms with Crippen LogP contribution in [-0.4, -0.2) is 47.8 Å². The van der Waals surface area contributed by atoms with Gasteiger partial charge in [0.25, 0.3) is 5.91 Å². The summed E-state index contributed by atoms with van der Waals surface area (Å²) in [5, 5.41) is 2.92. The lowest BCUT2D eigenvalue weighted by Crippen LogP contribution is -2.40. The zero-order chi connectivity index (χ0) is 23.2. The number of amides is 2. The molecule has 3 aromatic carbocycles. The molecule has 1 saturated heterocycles. The van der Waals surface area contributed by atoms with Gasteiger partial charge in [-0.05, 0) is 55.3 Å². The van der Waals surface area contributed by atoms with E-state index in [4.69, 9.17) is 0 Å². The Morgan fingerprint density at radius 1 is 0.879 bits per heavy atom. The van der Waals surface area contributed by atoms with Crippen molar-refractivity contribution >= 4 is 17.5 Å². The van der Waals surface area contributed by atoms with Crippen molar-refractivity contribution in [1.29, 1.82) is 0 Å². The van der Waals surface area contributed by atoms with Crippen molar-refractivity contribution in [2.24, 2.45) is 0 Å². The van der Waals surface area contributed by atoms with Gasteiger partial charge in [-0.3, -0.25) is 14.5 Å². The zero-order valence-electron chi connectivity index (χ0n) is 18.7. The number of hydrogen-bond acceptors (Lipinski definition) is 3. The molecule has 3 aromatic rings. The quantitative estimate of drug-likeness (QED) is 0.621. The Bertz CT molecular complexity index is 1100. The van der Waals surface area contributed by atoms with Gasteiger partial charge in [0.1, 0.15) is 11.9 Å². The lowest BCUT2D eigenvalue weighted by molar-refractivity contribution is -0.121. The number of nitrogens with zero attached hydrogens (tertiary/aromatic N) is 2. The number of hydrogen-bond donors (Lipinski definition) is 1. The Balaban J connectivity index is 1.52. The van der Waals surface area contributed by atoms with Crippen LogP contribution in [0.25, 0.3) is 0 Å². The van der Waals surface area contributed by atoms with E-state index in [1.807, 2.05) is 66.4 Å². The molecule has 1 aliphatic rings. The van der Waals surface area contributed by atoms with Gasteiger partial charge in [-0.1, -0.05) is 48.0 Å². The van der Waals surface area contributed by atoms with E-state index in [0.717, 1.165) is 17.5 Å². The Hall–Kier alpha value is -3.51. The molecule has 1 unspecified atom stereocenters. The fourth-order valence-corrected chi connectivity index (χ4v) is 4.27. The molecule has 0 spiro atoms. The molecule has 170 valence electrons. The maximum Gasteiger partial charge on any atom is 0.253 e. The molecule has 1 N–H and O–H groups in total. The number of carbonyl (C=O) groups excluding carboxylic acids is 2. The Morgan fingerprint density at radius 3 is 2.36 bits per heavy atom. The average Bonchev–Trinajstić information content (AvgIpc) is 3.07. The summed E-state index contributed by atoms with van der Waals surface area (Å²) in [5.74, 6) is -0.502. The van der Waals surface area contributed by atoms with E-state index in [9.17, 15) is 14.0 Å². The van der Waals surface area contributed by atoms with Crippen LogP contribution in [0, 0.1) is 12.7 Å². The second-order valence-corrected chi connectivity index (χ2v) is 8.36. The predicted octanol–water partition coefficient (Wildman–Crippen LogP) is 4.66. The second-order valence-electron chi connectivity index (χ2n) is 8.36. The molecule has 0 saturated carbocycles. The van der Waals surface area contributed by atoms with Crippen LogP contribution in [-0.2, 0) is 4.79 Å². The van der Waals surface area contributed by atoms with Crippen molar-refractivity contribution in [1.82, 2.24) is 9.80 Å². The molecule has 4 rings (SSSR count). The molecular formula is C27H28FN3O2. The highest BCUT2D eigenvalue weighted by Crippen LogP contribution is 2.25. The number of anilines is 1. The minimum absolute atomic E-state index is 0.0209. The Morgan fingerprint density at radius 2 is 1.64 bits per heavy atom. The molecule has 0 aliphatic carbocycles. The van der Waals surface area contributed by atoms with E-state index >= 15 is 0 Å². The first-order valence-corrected chi connectivity index (χ1v) is 11.2. The van der Waals surface area contributed by atoms with Gasteiger partial charge < -0.3 is 10.2 Å². The molecule has 1 aliphatic heterocycles. The van der Waals surface area contributed by atoms with E-state index in [1.165, 1.54) is 12.1 Å². The van der Waals surface area contributed by atoms with E-state index in [-0.39, 0.29) is 17.6 Å². The summed E-state index contributed by atoms with van der Waals surface area (Å²) >= 11 is 0. The van der Waals surface area contributed by atoms with Crippen molar-refractivity contribution in [2.75, 3.05) is 31.5 Å². The van der Waals surface area contributed by atoms with Gasteiger partial charge in [-0.25, -0.2) is 4.39 Å². The van der Waals surface area contributed by atoms with E-state index in [0.29, 0.717) is 37.4 Å². The molecule has 2 amide bonds. The summed E-state index contributed by atoms with van der Waals surface area (Å²) < 4.78 is 13.3. The summed E-state index contributed by atoms with van der Waals surface area (Å²) in [6.07, 6.45) is 0.769. The highest BCUT2D eigenvalue weighted by molar-refractivity contribution is 5.96. The summed E-state index contributed by atoms with van der Waals surface area (Å²) in [5.41, 5.74) is 3.18. The van der Waals surface area contributed by atoms with Gasteiger partial charge >= 0.3 is 0 Å². The summed E-state index contributed by atoms with van der Waals surface area (Å²) in [6, 6.07) is 22.5. The van der Waals surface area contributed by atoms with Crippen molar-refractivity contribution in [3.63, 3.8) is 0 Å². The van der Waals surface area contributed by atoms with Gasteiger partial charge in [0.15, 0.2) is 0 Å². The molecule has 1 heterocycles. The zero-order valence-corrected chi connectivity index (χ0v) is 18.7. The molecule has 0 aromatic heterocycles. The Kier molecular flexibility index (Phi) is 7.15. The van der Waals surface area contributed by atoms with E-state index in [1.54, 1.807) is 12.1 Å². The van der Waals surface area contributed by atoms with Crippen LogP contribution in [0.1, 0.15) is 33.9 Å². The monoisotopic (exact) mass is 445 g/mol. The number of halogens is 1. The summed E-state index contributed by atoms with van der Waals surface area (Å²) in [6.45, 7) is 4.43. The fourth-order valence-electron chi connectivity index (χ4n) is 4.27. The van der Waals surface area contributed by atoms with Crippen LogP contribution < -0.4 is 5.32 Å². The molecular weight excluding hydrogens is 417 g/mol. The molecule has 1 atom stereocenters. The van der Waals surface area contributed by atoms with Crippen molar-refractivity contribution < 1.29 is 14.0 Å². The number of nitrogens with one attached hydrogen (secondary N) is 1. The third-order valence-electron chi connectivity index (χ3n) is 5.92. The van der Waals surface area contributed by atoms with Crippen molar-refractivity contribution in [2.45, 2.75) is 19.4 Å². The average molecular weight is 446 g/mol. The van der Waals surface area contributed by atoms with Gasteiger partial charge in [-0.15, -0.1) is 0 Å². The number of aryl methyl sites for hydroxylation is 1. The maximum absolute atomic E-state index is 13.4. The lowest BCUT2D eigenvalue weighted by atomic mass is 10.0. The smallest absolute Gasteiger partial charge is 0.253 e. The van der Waals surface area contributed by atoms with Crippen LogP contribution in [0.15, 0.2) is 78.9 Å². The van der Waals surface area contributed by atoms with Crippen molar-refractivity contribution in [3.8, 4) is 0 Å². The van der Waals surface area contributed by atoms with E-state index in [2.05, 4.69) is 10.2 Å². The van der Waals surface area contributed by atoms with E-state index < -0.39 is 6.04 Å². The highest BCUT2D eigenvalue weighted by atomic mass is 19.1. The second kappa shape index (κ2) is 10.4. The minimum atomic E-state index is -0.509. The fraction of sp³-hybridized carbons (Fsp3) is 0.259. The van der Waals surface area contributed by atoms with Crippen LogP contribution in [0.3, 0.4) is 0 Å². The van der Waals surface area contributed by atoms with Gasteiger partial charge in [-0.2, -0.15) is 0 Å². The molecule has 33 heavy (non-hydrogen) atoms. The van der Waals surface area contributed by atoms with Gasteiger partial charge in [0.05, 0.1) is 0 Å². The minimum Gasteiger partial charge on any atom is -0.337 e. The summed E-state index contributed by atoms with van der Waals surface area (Å²) in [4.78, 5) is 30.4. The first-order valence-electron chi connectivity index (χ1n) is 11.2. The molecule has 0 radical (unpaired) electrons. The van der Waals surface area contributed by atoms with Crippen LogP contribution in [0.5, 0.6) is 0 Å². The summed E-state index contributed by atoms with van der Waals surface area (Å²) in [7, 11) is 0. The topological polar surface area (TPSA) is 52.7 Å². The van der Waals surface area contributed by atoms with Crippen LogP contribution in [0.4, 0.5) is 10.1 Å². The third kappa shape index (κ3) is 5.65. The first kappa shape index (κ1) is 22.7. The molecule has 0 bridgehead atoms. The predicted molar refractivity (Wildman–Crippen MR) is 127 cm³/mol. The first-order chi connectivity index (χ1) is 16.0. The van der Waals surface area contributed by atoms with Crippen LogP contribution >= 0.6 is 0 Å². The SMILES string of the molecule is Cc1cccc(C(=O)N2CCCN(C(C(=O)Nc3ccc(F)cc3)c3ccccc3)CC2)c1. The number of carbonyl (C=O) groups is 2. The lowest BCUT2D eigenvalue weighted by Gasteiger charge is -2.30.